The van der Waals surface area contributed by atoms with Crippen molar-refractivity contribution in [2.24, 2.45) is 0 Å². The molecular formula is C34H29N3O3S2. The van der Waals surface area contributed by atoms with Crippen LogP contribution >= 0.6 is 23.1 Å². The van der Waals surface area contributed by atoms with Gasteiger partial charge in [-0.1, -0.05) is 61.5 Å². The fourth-order valence-electron chi connectivity index (χ4n) is 4.29. The van der Waals surface area contributed by atoms with E-state index in [0.717, 1.165) is 26.9 Å². The summed E-state index contributed by atoms with van der Waals surface area (Å²) < 4.78 is 0. The van der Waals surface area contributed by atoms with Crippen molar-refractivity contribution in [1.29, 1.82) is 0 Å². The Kier molecular flexibility index (Phi) is 9.48. The van der Waals surface area contributed by atoms with E-state index in [2.05, 4.69) is 16.0 Å². The van der Waals surface area contributed by atoms with E-state index in [1.54, 1.807) is 36.4 Å². The summed E-state index contributed by atoms with van der Waals surface area (Å²) >= 11 is 2.94. The lowest BCUT2D eigenvalue weighted by Gasteiger charge is -2.16. The summed E-state index contributed by atoms with van der Waals surface area (Å²) in [5, 5.41) is 14.3. The predicted molar refractivity (Wildman–Crippen MR) is 174 cm³/mol. The Balaban J connectivity index is 1.27. The molecule has 0 bridgehead atoms. The first-order valence-electron chi connectivity index (χ1n) is 13.5. The minimum Gasteiger partial charge on any atom is -0.325 e. The number of hydrogen-bond acceptors (Lipinski definition) is 5. The van der Waals surface area contributed by atoms with Gasteiger partial charge in [0.1, 0.15) is 5.70 Å². The van der Waals surface area contributed by atoms with Crippen LogP contribution in [0.15, 0.2) is 124 Å². The van der Waals surface area contributed by atoms with E-state index in [1.807, 2.05) is 90.5 Å². The van der Waals surface area contributed by atoms with Gasteiger partial charge in [-0.15, -0.1) is 11.8 Å². The smallest absolute Gasteiger partial charge is 0.272 e. The maximum absolute atomic E-state index is 13.3. The molecule has 0 radical (unpaired) electrons. The molecule has 4 aromatic carbocycles. The van der Waals surface area contributed by atoms with Crippen LogP contribution in [-0.2, 0) is 9.59 Å². The van der Waals surface area contributed by atoms with Crippen molar-refractivity contribution in [1.82, 2.24) is 5.32 Å². The highest BCUT2D eigenvalue weighted by molar-refractivity contribution is 8.00. The van der Waals surface area contributed by atoms with Crippen LogP contribution in [0.1, 0.15) is 29.3 Å². The summed E-state index contributed by atoms with van der Waals surface area (Å²) in [6.07, 6.45) is 2.27. The summed E-state index contributed by atoms with van der Waals surface area (Å²) in [7, 11) is 0. The first kappa shape index (κ1) is 28.9. The Bertz CT molecular complexity index is 1730. The average molecular weight is 592 g/mol. The fourth-order valence-corrected chi connectivity index (χ4v) is 5.92. The van der Waals surface area contributed by atoms with E-state index in [-0.39, 0.29) is 22.8 Å². The number of carbonyl (C=O) groups is 3. The molecule has 0 aliphatic rings. The molecule has 0 saturated carbocycles. The summed E-state index contributed by atoms with van der Waals surface area (Å²) in [6, 6.07) is 31.9. The number of rotatable bonds is 10. The molecule has 210 valence electrons. The highest BCUT2D eigenvalue weighted by atomic mass is 32.2. The van der Waals surface area contributed by atoms with Crippen molar-refractivity contribution in [3.05, 3.63) is 131 Å². The molecular weight excluding hydrogens is 563 g/mol. The van der Waals surface area contributed by atoms with Crippen molar-refractivity contribution < 1.29 is 14.4 Å². The molecule has 0 aliphatic heterocycles. The number of anilines is 2. The molecule has 3 N–H and O–H groups in total. The minimum absolute atomic E-state index is 0.0863. The molecule has 5 rings (SSSR count). The molecule has 1 aromatic heterocycles. The molecule has 42 heavy (non-hydrogen) atoms. The Morgan fingerprint density at radius 1 is 0.810 bits per heavy atom. The third kappa shape index (κ3) is 7.54. The van der Waals surface area contributed by atoms with E-state index >= 15 is 0 Å². The number of fused-ring (bicyclic) bond motifs is 1. The Labute approximate surface area is 252 Å². The van der Waals surface area contributed by atoms with Gasteiger partial charge >= 0.3 is 0 Å². The summed E-state index contributed by atoms with van der Waals surface area (Å²) in [5.41, 5.74) is 2.70. The zero-order chi connectivity index (χ0) is 29.3. The molecule has 3 amide bonds. The second-order valence-corrected chi connectivity index (χ2v) is 11.5. The van der Waals surface area contributed by atoms with Crippen LogP contribution in [0.2, 0.25) is 0 Å². The standard InChI is InChI=1S/C34H29N3O3S2/c1-2-31(34(40)36-28-16-15-24-9-6-7-12-26(24)20-28)42-29-14-8-13-27(21-29)35-33(39)30(19-23-17-18-41-22-23)37-32(38)25-10-4-3-5-11-25/h3-22,31H,2H2,1H3,(H,35,39)(H,36,40)(H,37,38)/b30-19-. The van der Waals surface area contributed by atoms with Gasteiger partial charge in [-0.3, -0.25) is 14.4 Å². The molecule has 0 aliphatic carbocycles. The van der Waals surface area contributed by atoms with Crippen LogP contribution in [0.4, 0.5) is 11.4 Å². The second-order valence-electron chi connectivity index (χ2n) is 9.48. The largest absolute Gasteiger partial charge is 0.325 e. The van der Waals surface area contributed by atoms with E-state index in [1.165, 1.54) is 23.1 Å². The zero-order valence-corrected chi connectivity index (χ0v) is 24.5. The maximum Gasteiger partial charge on any atom is 0.272 e. The van der Waals surface area contributed by atoms with Crippen LogP contribution in [0.3, 0.4) is 0 Å². The van der Waals surface area contributed by atoms with Crippen molar-refractivity contribution in [2.45, 2.75) is 23.5 Å². The molecule has 1 atom stereocenters. The van der Waals surface area contributed by atoms with Crippen molar-refractivity contribution in [3.63, 3.8) is 0 Å². The maximum atomic E-state index is 13.3. The third-order valence-corrected chi connectivity index (χ3v) is 8.49. The van der Waals surface area contributed by atoms with Gasteiger partial charge in [0, 0.05) is 21.8 Å². The number of nitrogens with one attached hydrogen (secondary N) is 3. The highest BCUT2D eigenvalue weighted by Crippen LogP contribution is 2.29. The number of carbonyl (C=O) groups excluding carboxylic acids is 3. The van der Waals surface area contributed by atoms with E-state index in [0.29, 0.717) is 17.7 Å². The number of amides is 3. The van der Waals surface area contributed by atoms with E-state index in [4.69, 9.17) is 0 Å². The predicted octanol–water partition coefficient (Wildman–Crippen LogP) is 7.82. The topological polar surface area (TPSA) is 87.3 Å². The molecule has 0 saturated heterocycles. The van der Waals surface area contributed by atoms with Crippen LogP contribution < -0.4 is 16.0 Å². The first-order valence-corrected chi connectivity index (χ1v) is 15.3. The lowest BCUT2D eigenvalue weighted by molar-refractivity contribution is -0.116. The zero-order valence-electron chi connectivity index (χ0n) is 22.9. The summed E-state index contributed by atoms with van der Waals surface area (Å²) in [5.74, 6) is -0.912. The number of thiophene rings is 1. The molecule has 1 unspecified atom stereocenters. The number of thioether (sulfide) groups is 1. The molecule has 0 fully saturated rings. The molecule has 1 heterocycles. The van der Waals surface area contributed by atoms with Crippen molar-refractivity contribution >= 4 is 69.0 Å². The van der Waals surface area contributed by atoms with Crippen LogP contribution in [0.5, 0.6) is 0 Å². The summed E-state index contributed by atoms with van der Waals surface area (Å²) in [4.78, 5) is 40.2. The molecule has 5 aromatic rings. The molecule has 8 heteroatoms. The average Bonchev–Trinajstić information content (AvgIpc) is 3.53. The van der Waals surface area contributed by atoms with Crippen LogP contribution in [0.25, 0.3) is 16.8 Å². The normalized spacial score (nSPS) is 12.0. The fraction of sp³-hybridized carbons (Fsp3) is 0.0882. The van der Waals surface area contributed by atoms with Crippen LogP contribution in [-0.4, -0.2) is 23.0 Å². The van der Waals surface area contributed by atoms with Gasteiger partial charge in [-0.25, -0.2) is 0 Å². The van der Waals surface area contributed by atoms with E-state index < -0.39 is 5.91 Å². The Morgan fingerprint density at radius 2 is 1.57 bits per heavy atom. The van der Waals surface area contributed by atoms with Gasteiger partial charge in [-0.05, 0) is 88.1 Å². The quantitative estimate of drug-likeness (QED) is 0.114. The SMILES string of the molecule is CCC(Sc1cccc(NC(=O)/C(=C/c2ccsc2)NC(=O)c2ccccc2)c1)C(=O)Nc1ccc2ccccc2c1. The Morgan fingerprint density at radius 3 is 2.33 bits per heavy atom. The van der Waals surface area contributed by atoms with Gasteiger partial charge in [0.15, 0.2) is 0 Å². The lowest BCUT2D eigenvalue weighted by atomic mass is 10.1. The van der Waals surface area contributed by atoms with E-state index in [9.17, 15) is 14.4 Å². The monoisotopic (exact) mass is 591 g/mol. The second kappa shape index (κ2) is 13.8. The van der Waals surface area contributed by atoms with Crippen molar-refractivity contribution in [3.8, 4) is 0 Å². The number of benzene rings is 4. The van der Waals surface area contributed by atoms with Gasteiger partial charge < -0.3 is 16.0 Å². The molecule has 6 nitrogen and oxygen atoms in total. The third-order valence-electron chi connectivity index (χ3n) is 6.43. The first-order chi connectivity index (χ1) is 20.5. The van der Waals surface area contributed by atoms with Gasteiger partial charge in [0.25, 0.3) is 11.8 Å². The molecule has 0 spiro atoms. The van der Waals surface area contributed by atoms with Crippen molar-refractivity contribution in [2.75, 3.05) is 10.6 Å². The number of hydrogen-bond donors (Lipinski definition) is 3. The van der Waals surface area contributed by atoms with Gasteiger partial charge in [-0.2, -0.15) is 11.3 Å². The Hall–Kier alpha value is -4.66. The highest BCUT2D eigenvalue weighted by Gasteiger charge is 2.19. The van der Waals surface area contributed by atoms with Crippen LogP contribution in [0, 0.1) is 0 Å². The lowest BCUT2D eigenvalue weighted by Crippen LogP contribution is -2.30. The minimum atomic E-state index is -0.450. The van der Waals surface area contributed by atoms with Gasteiger partial charge in [0.2, 0.25) is 5.91 Å². The van der Waals surface area contributed by atoms with Gasteiger partial charge in [0.05, 0.1) is 5.25 Å². The summed E-state index contributed by atoms with van der Waals surface area (Å²) in [6.45, 7) is 1.97.